The molecule has 0 radical (unpaired) electrons. The molecule has 0 spiro atoms. The summed E-state index contributed by atoms with van der Waals surface area (Å²) < 4.78 is 0. The zero-order valence-electron chi connectivity index (χ0n) is 51.8. The molecule has 0 bridgehead atoms. The van der Waals surface area contributed by atoms with Gasteiger partial charge in [0.1, 0.15) is 0 Å². The highest BCUT2D eigenvalue weighted by atomic mass is 15.0. The second kappa shape index (κ2) is 27.7. The van der Waals surface area contributed by atoms with E-state index in [0.29, 0.717) is 34.9 Å². The molecule has 0 unspecified atom stereocenters. The molecule has 0 saturated heterocycles. The molecule has 0 fully saturated rings. The number of nitrogens with zero attached hydrogens (tertiary/aromatic N) is 11. The molecule has 6 aromatic heterocycles. The molecule has 16 aromatic rings. The van der Waals surface area contributed by atoms with Crippen LogP contribution < -0.4 is 0 Å². The highest BCUT2D eigenvalue weighted by Crippen LogP contribution is 2.36. The minimum atomic E-state index is 0.626. The first-order valence-corrected chi connectivity index (χ1v) is 31.5. The average molecular weight is 1230 g/mol. The number of benzene rings is 10. The SMILES string of the molecule is c1ccc(-c2cc(-c3cccc(-c4ccc(-c5cc(-c6ccccc6)nc(-c6cccnc6)n5)cc4)c3)nc(-c3ccccc3)n2)cc1.c1ccc(-c2nc(-c3ccncc3)cc(-c3cccc(-c4ccc(-c5nc(-c6ccccc6)nc(-c6ccccc6)n5)cc4)c3)n2)cc1. The maximum atomic E-state index is 5.02. The van der Waals surface area contributed by atoms with Crippen LogP contribution in [0.3, 0.4) is 0 Å². The topological polar surface area (TPSA) is 142 Å². The Morgan fingerprint density at radius 1 is 0.135 bits per heavy atom. The van der Waals surface area contributed by atoms with E-state index < -0.39 is 0 Å². The molecule has 452 valence electrons. The summed E-state index contributed by atoms with van der Waals surface area (Å²) in [6.07, 6.45) is 7.12. The van der Waals surface area contributed by atoms with Crippen molar-refractivity contribution in [2.45, 2.75) is 0 Å². The van der Waals surface area contributed by atoms with Gasteiger partial charge in [0.2, 0.25) is 0 Å². The van der Waals surface area contributed by atoms with Gasteiger partial charge in [0, 0.05) is 91.5 Å². The summed E-state index contributed by atoms with van der Waals surface area (Å²) in [5, 5.41) is 0. The third kappa shape index (κ3) is 13.5. The van der Waals surface area contributed by atoms with Gasteiger partial charge < -0.3 is 0 Å². The van der Waals surface area contributed by atoms with Gasteiger partial charge in [-0.3, -0.25) is 9.97 Å². The van der Waals surface area contributed by atoms with E-state index in [1.54, 1.807) is 24.8 Å². The summed E-state index contributed by atoms with van der Waals surface area (Å²) >= 11 is 0. The van der Waals surface area contributed by atoms with Crippen LogP contribution >= 0.6 is 0 Å². The minimum absolute atomic E-state index is 0.626. The van der Waals surface area contributed by atoms with E-state index in [-0.39, 0.29) is 0 Å². The molecule has 0 aliphatic rings. The summed E-state index contributed by atoms with van der Waals surface area (Å²) in [4.78, 5) is 52.8. The summed E-state index contributed by atoms with van der Waals surface area (Å²) in [6, 6.07) is 109. The molecular weight excluding hydrogens is 1180 g/mol. The summed E-state index contributed by atoms with van der Waals surface area (Å²) in [5.41, 5.74) is 21.3. The van der Waals surface area contributed by atoms with Crippen LogP contribution in [-0.4, -0.2) is 54.8 Å². The molecule has 16 rings (SSSR count). The first kappa shape index (κ1) is 59.1. The maximum Gasteiger partial charge on any atom is 0.164 e. The van der Waals surface area contributed by atoms with Crippen LogP contribution in [0.15, 0.2) is 346 Å². The zero-order valence-corrected chi connectivity index (χ0v) is 51.8. The highest BCUT2D eigenvalue weighted by Gasteiger charge is 2.17. The normalized spacial score (nSPS) is 10.9. The smallest absolute Gasteiger partial charge is 0.164 e. The van der Waals surface area contributed by atoms with Crippen LogP contribution in [0.1, 0.15) is 0 Å². The van der Waals surface area contributed by atoms with Gasteiger partial charge in [0.15, 0.2) is 34.9 Å². The van der Waals surface area contributed by atoms with E-state index in [1.807, 2.05) is 188 Å². The van der Waals surface area contributed by atoms with Gasteiger partial charge >= 0.3 is 0 Å². The van der Waals surface area contributed by atoms with Crippen molar-refractivity contribution in [3.8, 4) is 158 Å². The van der Waals surface area contributed by atoms with Crippen LogP contribution in [0.4, 0.5) is 0 Å². The van der Waals surface area contributed by atoms with Gasteiger partial charge in [-0.2, -0.15) is 0 Å². The molecule has 0 atom stereocenters. The second-order valence-corrected chi connectivity index (χ2v) is 22.7. The Morgan fingerprint density at radius 2 is 0.385 bits per heavy atom. The predicted molar refractivity (Wildman–Crippen MR) is 385 cm³/mol. The van der Waals surface area contributed by atoms with Crippen LogP contribution in [-0.2, 0) is 0 Å². The average Bonchev–Trinajstić information content (AvgIpc) is 0.854. The van der Waals surface area contributed by atoms with Gasteiger partial charge in [-0.1, -0.05) is 267 Å². The predicted octanol–water partition coefficient (Wildman–Crippen LogP) is 20.1. The van der Waals surface area contributed by atoms with Crippen molar-refractivity contribution in [3.05, 3.63) is 346 Å². The van der Waals surface area contributed by atoms with Crippen molar-refractivity contribution in [2.75, 3.05) is 0 Å². The molecule has 10 aromatic carbocycles. The van der Waals surface area contributed by atoms with E-state index in [0.717, 1.165) is 123 Å². The largest absolute Gasteiger partial charge is 0.265 e. The number of pyridine rings is 2. The summed E-state index contributed by atoms with van der Waals surface area (Å²) in [5.74, 6) is 3.93. The molecule has 0 aliphatic heterocycles. The van der Waals surface area contributed by atoms with Crippen molar-refractivity contribution in [1.29, 1.82) is 0 Å². The fraction of sp³-hybridized carbons (Fsp3) is 0. The van der Waals surface area contributed by atoms with Gasteiger partial charge in [0.05, 0.1) is 34.2 Å². The van der Waals surface area contributed by atoms with E-state index in [1.165, 1.54) is 0 Å². The van der Waals surface area contributed by atoms with Crippen LogP contribution in [0.5, 0.6) is 0 Å². The first-order valence-electron chi connectivity index (χ1n) is 31.5. The van der Waals surface area contributed by atoms with Gasteiger partial charge in [-0.25, -0.2) is 44.9 Å². The van der Waals surface area contributed by atoms with E-state index in [4.69, 9.17) is 44.9 Å². The Balaban J connectivity index is 0.000000158. The molecule has 6 heterocycles. The summed E-state index contributed by atoms with van der Waals surface area (Å²) in [6.45, 7) is 0. The molecule has 0 saturated carbocycles. The Hall–Kier alpha value is -13.3. The molecular formula is C85H57N11. The third-order valence-corrected chi connectivity index (χ3v) is 16.3. The van der Waals surface area contributed by atoms with Crippen molar-refractivity contribution in [1.82, 2.24) is 54.8 Å². The van der Waals surface area contributed by atoms with Crippen LogP contribution in [0, 0.1) is 0 Å². The second-order valence-electron chi connectivity index (χ2n) is 22.7. The summed E-state index contributed by atoms with van der Waals surface area (Å²) in [7, 11) is 0. The van der Waals surface area contributed by atoms with E-state index in [9.17, 15) is 0 Å². The molecule has 96 heavy (non-hydrogen) atoms. The van der Waals surface area contributed by atoms with Crippen LogP contribution in [0.2, 0.25) is 0 Å². The van der Waals surface area contributed by atoms with Crippen molar-refractivity contribution < 1.29 is 0 Å². The number of aromatic nitrogens is 11. The van der Waals surface area contributed by atoms with E-state index in [2.05, 4.69) is 143 Å². The Labute approximate surface area is 556 Å². The lowest BCUT2D eigenvalue weighted by Crippen LogP contribution is -2.00. The molecule has 0 aliphatic carbocycles. The third-order valence-electron chi connectivity index (χ3n) is 16.3. The quantitative estimate of drug-likeness (QED) is 0.103. The van der Waals surface area contributed by atoms with Crippen molar-refractivity contribution >= 4 is 0 Å². The van der Waals surface area contributed by atoms with Crippen molar-refractivity contribution in [3.63, 3.8) is 0 Å². The highest BCUT2D eigenvalue weighted by molar-refractivity contribution is 5.80. The molecule has 11 heteroatoms. The molecule has 0 amide bonds. The fourth-order valence-corrected chi connectivity index (χ4v) is 11.3. The monoisotopic (exact) mass is 1230 g/mol. The van der Waals surface area contributed by atoms with Gasteiger partial charge in [-0.15, -0.1) is 0 Å². The Kier molecular flexibility index (Phi) is 17.0. The van der Waals surface area contributed by atoms with E-state index >= 15 is 0 Å². The van der Waals surface area contributed by atoms with Crippen LogP contribution in [0.25, 0.3) is 158 Å². The lowest BCUT2D eigenvalue weighted by atomic mass is 9.99. The minimum Gasteiger partial charge on any atom is -0.265 e. The fourth-order valence-electron chi connectivity index (χ4n) is 11.3. The van der Waals surface area contributed by atoms with Gasteiger partial charge in [0.25, 0.3) is 0 Å². The number of hydrogen-bond acceptors (Lipinski definition) is 11. The van der Waals surface area contributed by atoms with Gasteiger partial charge in [-0.05, 0) is 76.9 Å². The Bertz CT molecular complexity index is 4720. The first-order chi connectivity index (χ1) is 47.5. The maximum absolute atomic E-state index is 5.02. The number of rotatable bonds is 14. The Morgan fingerprint density at radius 3 is 0.740 bits per heavy atom. The van der Waals surface area contributed by atoms with Crippen molar-refractivity contribution in [2.24, 2.45) is 0 Å². The standard InChI is InChI=1S/C43H29N5.C42H28N6/c1-4-12-31(13-5-1)38-27-40(47-43(46-38)37-20-11-25-44-29-37)33-23-21-30(22-24-33)35-18-10-19-36(26-35)41-28-39(32-14-6-2-7-15-32)45-42(48-41)34-16-8-3-9-17-34;1-4-11-31(12-5-1)39-44-37(30-23-25-43-26-24-30)28-38(45-39)36-18-10-17-35(27-36)29-19-21-34(22-20-29)42-47-40(32-13-6-2-7-14-32)46-41(48-42)33-15-8-3-9-16-33/h1-29H;1-28H. The number of hydrogen-bond donors (Lipinski definition) is 0. The molecule has 0 N–H and O–H groups in total. The lowest BCUT2D eigenvalue weighted by Gasteiger charge is -2.11. The molecule has 11 nitrogen and oxygen atoms in total. The zero-order chi connectivity index (χ0) is 64.2. The lowest BCUT2D eigenvalue weighted by molar-refractivity contribution is 1.07.